The lowest BCUT2D eigenvalue weighted by Crippen LogP contribution is -2.48. The molecule has 1 aliphatic rings. The smallest absolute Gasteiger partial charge is 0.229 e. The van der Waals surface area contributed by atoms with Gasteiger partial charge in [0.2, 0.25) is 5.89 Å². The van der Waals surface area contributed by atoms with Gasteiger partial charge in [-0.1, -0.05) is 32.9 Å². The van der Waals surface area contributed by atoms with E-state index in [1.54, 1.807) is 0 Å². The van der Waals surface area contributed by atoms with Gasteiger partial charge in [0.1, 0.15) is 0 Å². The molecule has 0 saturated heterocycles. The molecule has 2 N–H and O–H groups in total. The third-order valence-corrected chi connectivity index (χ3v) is 4.91. The van der Waals surface area contributed by atoms with Crippen LogP contribution in [0.25, 0.3) is 0 Å². The molecule has 1 fully saturated rings. The molecule has 5 heteroatoms. The maximum Gasteiger partial charge on any atom is 0.229 e. The van der Waals surface area contributed by atoms with Crippen molar-refractivity contribution >= 4 is 12.4 Å². The van der Waals surface area contributed by atoms with Crippen LogP contribution >= 0.6 is 12.4 Å². The number of rotatable bonds is 3. The van der Waals surface area contributed by atoms with Gasteiger partial charge in [-0.2, -0.15) is 4.98 Å². The zero-order valence-electron chi connectivity index (χ0n) is 12.6. The highest BCUT2D eigenvalue weighted by molar-refractivity contribution is 5.85. The quantitative estimate of drug-likeness (QED) is 0.926. The Morgan fingerprint density at radius 3 is 2.42 bits per heavy atom. The largest absolute Gasteiger partial charge is 0.339 e. The topological polar surface area (TPSA) is 64.9 Å². The molecule has 1 aliphatic carbocycles. The third-order valence-electron chi connectivity index (χ3n) is 4.91. The molecule has 1 aromatic rings. The van der Waals surface area contributed by atoms with Crippen LogP contribution < -0.4 is 5.73 Å². The molecular formula is C14H26ClN3O. The number of hydrogen-bond acceptors (Lipinski definition) is 4. The van der Waals surface area contributed by atoms with Gasteiger partial charge in [0, 0.05) is 17.9 Å². The summed E-state index contributed by atoms with van der Waals surface area (Å²) in [5.41, 5.74) is 6.41. The fourth-order valence-electron chi connectivity index (χ4n) is 2.79. The molecule has 110 valence electrons. The second kappa shape index (κ2) is 5.41. The van der Waals surface area contributed by atoms with Crippen LogP contribution in [0.4, 0.5) is 0 Å². The third kappa shape index (κ3) is 2.95. The van der Waals surface area contributed by atoms with E-state index in [0.29, 0.717) is 11.8 Å². The Morgan fingerprint density at radius 2 is 2.00 bits per heavy atom. The van der Waals surface area contributed by atoms with E-state index in [2.05, 4.69) is 44.8 Å². The molecule has 0 spiro atoms. The molecule has 2 atom stereocenters. The molecule has 1 heterocycles. The Hall–Kier alpha value is -0.610. The van der Waals surface area contributed by atoms with E-state index in [9.17, 15) is 0 Å². The molecule has 0 radical (unpaired) electrons. The first kappa shape index (κ1) is 16.4. The first-order valence-corrected chi connectivity index (χ1v) is 6.85. The fourth-order valence-corrected chi connectivity index (χ4v) is 2.79. The first-order chi connectivity index (χ1) is 8.24. The molecule has 1 aromatic heterocycles. The highest BCUT2D eigenvalue weighted by Gasteiger charge is 2.49. The minimum absolute atomic E-state index is 0. The normalized spacial score (nSPS) is 29.5. The Morgan fingerprint density at radius 1 is 1.37 bits per heavy atom. The Balaban J connectivity index is 0.00000180. The number of aromatic nitrogens is 2. The lowest BCUT2D eigenvalue weighted by atomic mass is 9.71. The van der Waals surface area contributed by atoms with E-state index in [1.807, 2.05) is 0 Å². The number of nitrogens with zero attached hydrogens (tertiary/aromatic N) is 2. The van der Waals surface area contributed by atoms with Gasteiger partial charge in [0.15, 0.2) is 5.82 Å². The summed E-state index contributed by atoms with van der Waals surface area (Å²) in [5, 5.41) is 4.09. The zero-order valence-corrected chi connectivity index (χ0v) is 13.4. The monoisotopic (exact) mass is 287 g/mol. The minimum Gasteiger partial charge on any atom is -0.339 e. The van der Waals surface area contributed by atoms with Crippen LogP contribution in [-0.4, -0.2) is 15.7 Å². The number of nitrogens with two attached hydrogens (primary N) is 1. The predicted octanol–water partition coefficient (Wildman–Crippen LogP) is 3.31. The molecule has 1 saturated carbocycles. The molecule has 19 heavy (non-hydrogen) atoms. The van der Waals surface area contributed by atoms with E-state index in [1.165, 1.54) is 0 Å². The Labute approximate surface area is 121 Å². The van der Waals surface area contributed by atoms with Crippen LogP contribution in [0.15, 0.2) is 4.52 Å². The van der Waals surface area contributed by atoms with Gasteiger partial charge in [-0.05, 0) is 31.1 Å². The van der Waals surface area contributed by atoms with Crippen molar-refractivity contribution in [2.45, 2.75) is 65.3 Å². The average Bonchev–Trinajstić information content (AvgIpc) is 2.78. The highest BCUT2D eigenvalue weighted by atomic mass is 35.5. The van der Waals surface area contributed by atoms with E-state index >= 15 is 0 Å². The van der Waals surface area contributed by atoms with Gasteiger partial charge in [0.25, 0.3) is 0 Å². The van der Waals surface area contributed by atoms with Crippen molar-refractivity contribution in [1.82, 2.24) is 10.1 Å². The van der Waals surface area contributed by atoms with Crippen molar-refractivity contribution in [3.8, 4) is 0 Å². The van der Waals surface area contributed by atoms with E-state index in [4.69, 9.17) is 10.3 Å². The van der Waals surface area contributed by atoms with Gasteiger partial charge in [-0.25, -0.2) is 0 Å². The molecule has 0 amide bonds. The average molecular weight is 288 g/mol. The summed E-state index contributed by atoms with van der Waals surface area (Å²) >= 11 is 0. The molecule has 2 rings (SSSR count). The minimum atomic E-state index is -0.0950. The van der Waals surface area contributed by atoms with Gasteiger partial charge < -0.3 is 10.3 Å². The maximum absolute atomic E-state index is 6.39. The van der Waals surface area contributed by atoms with E-state index < -0.39 is 0 Å². The highest BCUT2D eigenvalue weighted by Crippen LogP contribution is 2.49. The van der Waals surface area contributed by atoms with Gasteiger partial charge in [-0.3, -0.25) is 0 Å². The van der Waals surface area contributed by atoms with Gasteiger partial charge in [0.05, 0.1) is 0 Å². The second-order valence-electron chi connectivity index (χ2n) is 6.78. The lowest BCUT2D eigenvalue weighted by molar-refractivity contribution is 0.162. The van der Waals surface area contributed by atoms with Gasteiger partial charge in [-0.15, -0.1) is 12.4 Å². The predicted molar refractivity (Wildman–Crippen MR) is 78.4 cm³/mol. The van der Waals surface area contributed by atoms with Gasteiger partial charge >= 0.3 is 0 Å². The standard InChI is InChI=1S/C14H25N3O.ClH/c1-9(2)12-16-11(17-18-12)8-10-6-7-14(5,15)13(10,3)4;/h9-10H,6-8,15H2,1-5H3;1H/t10-,14-;/m0./s1. The summed E-state index contributed by atoms with van der Waals surface area (Å²) in [7, 11) is 0. The van der Waals surface area contributed by atoms with Crippen molar-refractivity contribution in [1.29, 1.82) is 0 Å². The van der Waals surface area contributed by atoms with Crippen molar-refractivity contribution < 1.29 is 4.52 Å². The molecular weight excluding hydrogens is 262 g/mol. The van der Waals surface area contributed by atoms with Crippen molar-refractivity contribution in [2.24, 2.45) is 17.1 Å². The summed E-state index contributed by atoms with van der Waals surface area (Å²) in [5.74, 6) is 2.39. The first-order valence-electron chi connectivity index (χ1n) is 6.85. The van der Waals surface area contributed by atoms with Crippen molar-refractivity contribution in [3.63, 3.8) is 0 Å². The Bertz CT molecular complexity index is 426. The van der Waals surface area contributed by atoms with E-state index in [0.717, 1.165) is 31.0 Å². The number of halogens is 1. The zero-order chi connectivity index (χ0) is 13.6. The van der Waals surface area contributed by atoms with Crippen LogP contribution in [0.3, 0.4) is 0 Å². The van der Waals surface area contributed by atoms with Crippen LogP contribution in [0.5, 0.6) is 0 Å². The second-order valence-corrected chi connectivity index (χ2v) is 6.78. The molecule has 0 aromatic carbocycles. The molecule has 0 aliphatic heterocycles. The summed E-state index contributed by atoms with van der Waals surface area (Å²) in [4.78, 5) is 4.47. The van der Waals surface area contributed by atoms with Crippen LogP contribution in [0.1, 0.15) is 65.1 Å². The van der Waals surface area contributed by atoms with Crippen molar-refractivity contribution in [2.75, 3.05) is 0 Å². The van der Waals surface area contributed by atoms with Crippen molar-refractivity contribution in [3.05, 3.63) is 11.7 Å². The molecule has 0 bridgehead atoms. The summed E-state index contributed by atoms with van der Waals surface area (Å²) in [6.07, 6.45) is 3.08. The summed E-state index contributed by atoms with van der Waals surface area (Å²) in [6, 6.07) is 0. The molecule has 0 unspecified atom stereocenters. The van der Waals surface area contributed by atoms with Crippen LogP contribution in [0.2, 0.25) is 0 Å². The summed E-state index contributed by atoms with van der Waals surface area (Å²) < 4.78 is 5.26. The fraction of sp³-hybridized carbons (Fsp3) is 0.857. The Kier molecular flexibility index (Phi) is 4.68. The van der Waals surface area contributed by atoms with Crippen LogP contribution in [0, 0.1) is 11.3 Å². The SMILES string of the molecule is CC(C)c1nc(C[C@@H]2CC[C@](C)(N)C2(C)C)no1.Cl. The lowest BCUT2D eigenvalue weighted by Gasteiger charge is -2.38. The number of hydrogen-bond donors (Lipinski definition) is 1. The summed E-state index contributed by atoms with van der Waals surface area (Å²) in [6.45, 7) is 10.8. The maximum atomic E-state index is 6.39. The van der Waals surface area contributed by atoms with E-state index in [-0.39, 0.29) is 23.4 Å². The molecule has 4 nitrogen and oxygen atoms in total. The van der Waals surface area contributed by atoms with Crippen LogP contribution in [-0.2, 0) is 6.42 Å².